The molecule has 1 fully saturated rings. The van der Waals surface area contributed by atoms with E-state index in [9.17, 15) is 9.59 Å². The van der Waals surface area contributed by atoms with Crippen LogP contribution in [-0.2, 0) is 4.79 Å². The monoisotopic (exact) mass is 206 g/mol. The molecule has 1 aliphatic rings. The van der Waals surface area contributed by atoms with E-state index < -0.39 is 0 Å². The summed E-state index contributed by atoms with van der Waals surface area (Å²) in [5.41, 5.74) is 0.189. The Balaban J connectivity index is 2.05. The van der Waals surface area contributed by atoms with Gasteiger partial charge in [0.1, 0.15) is 5.69 Å². The van der Waals surface area contributed by atoms with Crippen LogP contribution in [0.2, 0.25) is 0 Å². The molecule has 1 aliphatic carbocycles. The van der Waals surface area contributed by atoms with Crippen molar-refractivity contribution in [2.45, 2.75) is 25.7 Å². The van der Waals surface area contributed by atoms with Crippen LogP contribution in [0.4, 0.5) is 5.69 Å². The van der Waals surface area contributed by atoms with Gasteiger partial charge in [0.15, 0.2) is 0 Å². The molecule has 0 unspecified atom stereocenters. The summed E-state index contributed by atoms with van der Waals surface area (Å²) >= 11 is 0. The fraction of sp³-hybridized carbons (Fsp3) is 0.455. The van der Waals surface area contributed by atoms with Crippen molar-refractivity contribution in [1.29, 1.82) is 0 Å². The third kappa shape index (κ3) is 2.26. The zero-order valence-electron chi connectivity index (χ0n) is 8.45. The number of aromatic nitrogens is 1. The predicted octanol–water partition coefficient (Wildman–Crippen LogP) is 1.50. The highest BCUT2D eigenvalue weighted by Crippen LogP contribution is 2.25. The maximum atomic E-state index is 11.7. The quantitative estimate of drug-likeness (QED) is 0.770. The number of amides is 1. The van der Waals surface area contributed by atoms with Gasteiger partial charge in [-0.3, -0.25) is 9.59 Å². The smallest absolute Gasteiger partial charge is 0.227 e. The van der Waals surface area contributed by atoms with Crippen LogP contribution >= 0.6 is 0 Å². The normalized spacial score (nSPS) is 16.5. The van der Waals surface area contributed by atoms with Gasteiger partial charge in [-0.15, -0.1) is 0 Å². The summed E-state index contributed by atoms with van der Waals surface area (Å²) in [6, 6.07) is 1.41. The summed E-state index contributed by atoms with van der Waals surface area (Å²) in [4.78, 5) is 25.8. The van der Waals surface area contributed by atoms with E-state index in [1.54, 1.807) is 6.20 Å². The first-order valence-corrected chi connectivity index (χ1v) is 5.25. The third-order valence-corrected chi connectivity index (χ3v) is 2.81. The Morgan fingerprint density at radius 2 is 2.13 bits per heavy atom. The minimum Gasteiger partial charge on any atom is -0.366 e. The lowest BCUT2D eigenvalue weighted by molar-refractivity contribution is -0.119. The molecule has 2 N–H and O–H groups in total. The summed E-state index contributed by atoms with van der Waals surface area (Å²) in [5, 5.41) is 2.67. The van der Waals surface area contributed by atoms with E-state index in [-0.39, 0.29) is 17.3 Å². The Kier molecular flexibility index (Phi) is 2.85. The first-order chi connectivity index (χ1) is 7.27. The molecule has 80 valence electrons. The number of aromatic amines is 1. The number of carbonyl (C=O) groups excluding carboxylic acids is 1. The van der Waals surface area contributed by atoms with Crippen LogP contribution in [-0.4, -0.2) is 10.9 Å². The number of anilines is 1. The van der Waals surface area contributed by atoms with Crippen LogP contribution in [0.1, 0.15) is 25.7 Å². The molecule has 2 rings (SSSR count). The maximum absolute atomic E-state index is 11.7. The van der Waals surface area contributed by atoms with Gasteiger partial charge in [-0.1, -0.05) is 12.8 Å². The fourth-order valence-electron chi connectivity index (χ4n) is 1.94. The predicted molar refractivity (Wildman–Crippen MR) is 57.7 cm³/mol. The average Bonchev–Trinajstić information content (AvgIpc) is 2.74. The average molecular weight is 206 g/mol. The molecule has 4 heteroatoms. The molecule has 0 aliphatic heterocycles. The zero-order valence-corrected chi connectivity index (χ0v) is 8.45. The van der Waals surface area contributed by atoms with Gasteiger partial charge in [-0.25, -0.2) is 0 Å². The Morgan fingerprint density at radius 3 is 2.80 bits per heavy atom. The third-order valence-electron chi connectivity index (χ3n) is 2.81. The van der Waals surface area contributed by atoms with Crippen molar-refractivity contribution < 1.29 is 4.79 Å². The van der Waals surface area contributed by atoms with Gasteiger partial charge < -0.3 is 10.3 Å². The summed E-state index contributed by atoms with van der Waals surface area (Å²) in [7, 11) is 0. The highest BCUT2D eigenvalue weighted by Gasteiger charge is 2.22. The topological polar surface area (TPSA) is 62.0 Å². The molecule has 1 aromatic heterocycles. The lowest BCUT2D eigenvalue weighted by atomic mass is 10.1. The lowest BCUT2D eigenvalue weighted by Gasteiger charge is -2.08. The number of carbonyl (C=O) groups is 1. The Hall–Kier alpha value is -1.58. The SMILES string of the molecule is O=C(Nc1c[nH]ccc1=O)C1CCCC1. The van der Waals surface area contributed by atoms with Crippen molar-refractivity contribution in [2.75, 3.05) is 5.32 Å². The molecule has 0 spiro atoms. The first-order valence-electron chi connectivity index (χ1n) is 5.25. The molecule has 0 bridgehead atoms. The lowest BCUT2D eigenvalue weighted by Crippen LogP contribution is -2.23. The number of H-pyrrole nitrogens is 1. The molecule has 4 nitrogen and oxygen atoms in total. The van der Waals surface area contributed by atoms with Crippen LogP contribution in [0, 0.1) is 5.92 Å². The summed E-state index contributed by atoms with van der Waals surface area (Å²) < 4.78 is 0. The van der Waals surface area contributed by atoms with Gasteiger partial charge >= 0.3 is 0 Å². The maximum Gasteiger partial charge on any atom is 0.227 e. The van der Waals surface area contributed by atoms with E-state index in [0.29, 0.717) is 5.69 Å². The van der Waals surface area contributed by atoms with E-state index >= 15 is 0 Å². The van der Waals surface area contributed by atoms with E-state index in [0.717, 1.165) is 25.7 Å². The number of pyridine rings is 1. The fourth-order valence-corrected chi connectivity index (χ4v) is 1.94. The van der Waals surface area contributed by atoms with E-state index in [2.05, 4.69) is 10.3 Å². The number of hydrogen-bond donors (Lipinski definition) is 2. The minimum atomic E-state index is -0.153. The molecule has 0 atom stereocenters. The zero-order chi connectivity index (χ0) is 10.7. The molecule has 1 amide bonds. The molecule has 0 saturated heterocycles. The number of hydrogen-bond acceptors (Lipinski definition) is 2. The van der Waals surface area contributed by atoms with Gasteiger partial charge in [0.05, 0.1) is 0 Å². The van der Waals surface area contributed by atoms with Crippen molar-refractivity contribution in [3.05, 3.63) is 28.7 Å². The van der Waals surface area contributed by atoms with Crippen LogP contribution in [0.25, 0.3) is 0 Å². The highest BCUT2D eigenvalue weighted by atomic mass is 16.2. The minimum absolute atomic E-state index is 0.0239. The molecule has 1 saturated carbocycles. The second-order valence-corrected chi connectivity index (χ2v) is 3.89. The van der Waals surface area contributed by atoms with Crippen LogP contribution in [0.3, 0.4) is 0 Å². The summed E-state index contributed by atoms with van der Waals surface area (Å²) in [6.45, 7) is 0. The number of rotatable bonds is 2. The van der Waals surface area contributed by atoms with Gasteiger partial charge in [0, 0.05) is 24.4 Å². The summed E-state index contributed by atoms with van der Waals surface area (Å²) in [6.07, 6.45) is 7.18. The Bertz CT molecular complexity index is 405. The van der Waals surface area contributed by atoms with Gasteiger partial charge in [-0.05, 0) is 12.8 Å². The molecule has 0 radical (unpaired) electrons. The largest absolute Gasteiger partial charge is 0.366 e. The van der Waals surface area contributed by atoms with E-state index in [4.69, 9.17) is 0 Å². The standard InChI is InChI=1S/C11H14N2O2/c14-10-5-6-12-7-9(10)13-11(15)8-3-1-2-4-8/h5-8H,1-4H2,(H,12,14)(H,13,15). The highest BCUT2D eigenvalue weighted by molar-refractivity contribution is 5.92. The van der Waals surface area contributed by atoms with Gasteiger partial charge in [0.25, 0.3) is 0 Å². The molecule has 0 aromatic carbocycles. The van der Waals surface area contributed by atoms with Crippen molar-refractivity contribution >= 4 is 11.6 Å². The molecule has 1 aromatic rings. The van der Waals surface area contributed by atoms with Gasteiger partial charge in [-0.2, -0.15) is 0 Å². The van der Waals surface area contributed by atoms with Crippen LogP contribution in [0.5, 0.6) is 0 Å². The summed E-state index contributed by atoms with van der Waals surface area (Å²) in [5.74, 6) is 0.0637. The van der Waals surface area contributed by atoms with Crippen molar-refractivity contribution in [2.24, 2.45) is 5.92 Å². The molecular formula is C11H14N2O2. The molecule has 15 heavy (non-hydrogen) atoms. The van der Waals surface area contributed by atoms with Crippen LogP contribution in [0.15, 0.2) is 23.3 Å². The van der Waals surface area contributed by atoms with E-state index in [1.165, 1.54) is 12.3 Å². The van der Waals surface area contributed by atoms with Crippen molar-refractivity contribution in [3.63, 3.8) is 0 Å². The van der Waals surface area contributed by atoms with Crippen molar-refractivity contribution in [1.82, 2.24) is 4.98 Å². The second kappa shape index (κ2) is 4.29. The van der Waals surface area contributed by atoms with Crippen LogP contribution < -0.4 is 10.7 Å². The van der Waals surface area contributed by atoms with Gasteiger partial charge in [0.2, 0.25) is 11.3 Å². The van der Waals surface area contributed by atoms with E-state index in [1.807, 2.05) is 0 Å². The second-order valence-electron chi connectivity index (χ2n) is 3.89. The number of nitrogens with one attached hydrogen (secondary N) is 2. The Labute approximate surface area is 87.7 Å². The first kappa shape index (κ1) is 9.96. The molecular weight excluding hydrogens is 192 g/mol. The molecule has 1 heterocycles. The van der Waals surface area contributed by atoms with Crippen molar-refractivity contribution in [3.8, 4) is 0 Å². The Morgan fingerprint density at radius 1 is 1.40 bits per heavy atom.